The van der Waals surface area contributed by atoms with Crippen molar-refractivity contribution in [2.75, 3.05) is 11.6 Å². The second-order valence-corrected chi connectivity index (χ2v) is 3.28. The van der Waals surface area contributed by atoms with E-state index in [1.807, 2.05) is 0 Å². The predicted molar refractivity (Wildman–Crippen MR) is 52.6 cm³/mol. The lowest BCUT2D eigenvalue weighted by molar-refractivity contribution is -0.138. The highest BCUT2D eigenvalue weighted by atomic mass is 35.5. The van der Waals surface area contributed by atoms with Gasteiger partial charge in [-0.3, -0.25) is 4.79 Å². The van der Waals surface area contributed by atoms with E-state index in [9.17, 15) is 18.0 Å². The maximum Gasteiger partial charge on any atom is 0.420 e. The van der Waals surface area contributed by atoms with Crippen molar-refractivity contribution in [3.63, 3.8) is 0 Å². The maximum absolute atomic E-state index is 12.3. The SMILES string of the molecule is Nc1cc(C(F)(F)F)c(O)cc1C(=O)CCl. The molecule has 1 aromatic carbocycles. The zero-order valence-electron chi connectivity index (χ0n) is 7.81. The third-order valence-electron chi connectivity index (χ3n) is 1.90. The zero-order valence-corrected chi connectivity index (χ0v) is 8.56. The van der Waals surface area contributed by atoms with Crippen LogP contribution in [0.3, 0.4) is 0 Å². The topological polar surface area (TPSA) is 63.3 Å². The molecule has 3 nitrogen and oxygen atoms in total. The molecule has 0 spiro atoms. The number of aromatic hydroxyl groups is 1. The highest BCUT2D eigenvalue weighted by molar-refractivity contribution is 6.31. The van der Waals surface area contributed by atoms with Gasteiger partial charge in [0.1, 0.15) is 5.75 Å². The zero-order chi connectivity index (χ0) is 12.5. The van der Waals surface area contributed by atoms with Crippen molar-refractivity contribution in [1.29, 1.82) is 0 Å². The monoisotopic (exact) mass is 253 g/mol. The first-order valence-electron chi connectivity index (χ1n) is 4.06. The molecular weight excluding hydrogens is 247 g/mol. The van der Waals surface area contributed by atoms with Crippen LogP contribution in [-0.4, -0.2) is 16.8 Å². The summed E-state index contributed by atoms with van der Waals surface area (Å²) in [5.74, 6) is -2.12. The van der Waals surface area contributed by atoms with Gasteiger partial charge in [-0.15, -0.1) is 11.6 Å². The molecule has 0 aliphatic heterocycles. The van der Waals surface area contributed by atoms with Gasteiger partial charge in [-0.25, -0.2) is 0 Å². The maximum atomic E-state index is 12.3. The number of phenols is 1. The number of halogens is 4. The molecule has 3 N–H and O–H groups in total. The Labute approximate surface area is 93.6 Å². The molecule has 0 atom stereocenters. The number of carbonyl (C=O) groups excluding carboxylic acids is 1. The number of phenolic OH excluding ortho intramolecular Hbond substituents is 1. The lowest BCUT2D eigenvalue weighted by Crippen LogP contribution is -2.10. The van der Waals surface area contributed by atoms with Gasteiger partial charge in [-0.2, -0.15) is 13.2 Å². The molecule has 7 heteroatoms. The summed E-state index contributed by atoms with van der Waals surface area (Å²) < 4.78 is 37.0. The minimum atomic E-state index is -4.72. The average molecular weight is 254 g/mol. The quantitative estimate of drug-likeness (QED) is 0.368. The Morgan fingerprint density at radius 1 is 1.44 bits per heavy atom. The number of nitrogens with two attached hydrogens (primary N) is 1. The summed E-state index contributed by atoms with van der Waals surface area (Å²) in [6.07, 6.45) is -4.72. The van der Waals surface area contributed by atoms with Gasteiger partial charge in [0, 0.05) is 11.3 Å². The van der Waals surface area contributed by atoms with Gasteiger partial charge in [-0.05, 0) is 12.1 Å². The molecule has 0 heterocycles. The van der Waals surface area contributed by atoms with Gasteiger partial charge < -0.3 is 10.8 Å². The van der Waals surface area contributed by atoms with Crippen LogP contribution in [0.4, 0.5) is 18.9 Å². The fraction of sp³-hybridized carbons (Fsp3) is 0.222. The molecule has 1 rings (SSSR count). The van der Waals surface area contributed by atoms with E-state index < -0.39 is 29.2 Å². The number of ketones is 1. The summed E-state index contributed by atoms with van der Waals surface area (Å²) in [6, 6.07) is 1.18. The molecule has 0 fully saturated rings. The smallest absolute Gasteiger partial charge is 0.420 e. The van der Waals surface area contributed by atoms with Crippen LogP contribution in [0.1, 0.15) is 15.9 Å². The summed E-state index contributed by atoms with van der Waals surface area (Å²) in [4.78, 5) is 11.1. The van der Waals surface area contributed by atoms with Gasteiger partial charge in [0.05, 0.1) is 11.4 Å². The number of hydrogen-bond donors (Lipinski definition) is 2. The van der Waals surface area contributed by atoms with Crippen LogP contribution in [0.15, 0.2) is 12.1 Å². The molecule has 88 valence electrons. The molecule has 0 aromatic heterocycles. The summed E-state index contributed by atoms with van der Waals surface area (Å²) in [6.45, 7) is 0. The number of hydrogen-bond acceptors (Lipinski definition) is 3. The van der Waals surface area contributed by atoms with Crippen LogP contribution in [-0.2, 0) is 6.18 Å². The van der Waals surface area contributed by atoms with Crippen molar-refractivity contribution >= 4 is 23.1 Å². The van der Waals surface area contributed by atoms with Gasteiger partial charge in [0.2, 0.25) is 0 Å². The Morgan fingerprint density at radius 2 is 2.00 bits per heavy atom. The van der Waals surface area contributed by atoms with Crippen molar-refractivity contribution in [3.8, 4) is 5.75 Å². The van der Waals surface area contributed by atoms with E-state index in [0.717, 1.165) is 0 Å². The number of alkyl halides is 4. The number of nitrogen functional groups attached to an aromatic ring is 1. The lowest BCUT2D eigenvalue weighted by atomic mass is 10.0. The number of anilines is 1. The van der Waals surface area contributed by atoms with Crippen LogP contribution in [0.5, 0.6) is 5.75 Å². The highest BCUT2D eigenvalue weighted by Crippen LogP contribution is 2.38. The second kappa shape index (κ2) is 4.21. The van der Waals surface area contributed by atoms with E-state index in [2.05, 4.69) is 0 Å². The number of rotatable bonds is 2. The van der Waals surface area contributed by atoms with Crippen LogP contribution < -0.4 is 5.73 Å². The predicted octanol–water partition coefficient (Wildman–Crippen LogP) is 2.41. The lowest BCUT2D eigenvalue weighted by Gasteiger charge is -2.11. The first-order chi connectivity index (χ1) is 7.27. The van der Waals surface area contributed by atoms with E-state index >= 15 is 0 Å². The van der Waals surface area contributed by atoms with E-state index in [-0.39, 0.29) is 11.3 Å². The first kappa shape index (κ1) is 12.6. The first-order valence-corrected chi connectivity index (χ1v) is 4.59. The molecule has 0 unspecified atom stereocenters. The molecule has 16 heavy (non-hydrogen) atoms. The Bertz CT molecular complexity index is 431. The Balaban J connectivity index is 3.33. The van der Waals surface area contributed by atoms with Crippen molar-refractivity contribution < 1.29 is 23.1 Å². The van der Waals surface area contributed by atoms with Crippen LogP contribution in [0, 0.1) is 0 Å². The van der Waals surface area contributed by atoms with Crippen molar-refractivity contribution in [3.05, 3.63) is 23.3 Å². The Kier molecular flexibility index (Phi) is 3.32. The summed E-state index contributed by atoms with van der Waals surface area (Å²) in [5.41, 5.74) is 3.40. The standard InChI is InChI=1S/C9H7ClF3NO2/c10-3-8(16)4-1-7(15)5(2-6(4)14)9(11,12)13/h1-2,15H,3,14H2. The minimum Gasteiger partial charge on any atom is -0.507 e. The molecule has 1 aromatic rings. The van der Waals surface area contributed by atoms with E-state index in [1.165, 1.54) is 0 Å². The van der Waals surface area contributed by atoms with Gasteiger partial charge in [0.15, 0.2) is 5.78 Å². The molecule has 0 aliphatic carbocycles. The third kappa shape index (κ3) is 2.38. The van der Waals surface area contributed by atoms with E-state index in [1.54, 1.807) is 0 Å². The number of benzene rings is 1. The normalized spacial score (nSPS) is 11.5. The Morgan fingerprint density at radius 3 is 2.44 bits per heavy atom. The summed E-state index contributed by atoms with van der Waals surface area (Å²) >= 11 is 5.23. The third-order valence-corrected chi connectivity index (χ3v) is 2.14. The number of Topliss-reactive ketones (excluding diaryl/α,β-unsaturated/α-hetero) is 1. The molecule has 0 saturated carbocycles. The fourth-order valence-corrected chi connectivity index (χ4v) is 1.29. The molecule has 0 saturated heterocycles. The summed E-state index contributed by atoms with van der Waals surface area (Å²) in [7, 11) is 0. The van der Waals surface area contributed by atoms with Crippen molar-refractivity contribution in [2.45, 2.75) is 6.18 Å². The fourth-order valence-electron chi connectivity index (χ4n) is 1.15. The second-order valence-electron chi connectivity index (χ2n) is 3.01. The summed E-state index contributed by atoms with van der Waals surface area (Å²) in [5, 5.41) is 9.12. The van der Waals surface area contributed by atoms with Gasteiger partial charge in [0.25, 0.3) is 0 Å². The van der Waals surface area contributed by atoms with E-state index in [4.69, 9.17) is 22.4 Å². The van der Waals surface area contributed by atoms with Crippen molar-refractivity contribution in [2.24, 2.45) is 0 Å². The average Bonchev–Trinajstić information content (AvgIpc) is 2.18. The molecule has 0 radical (unpaired) electrons. The highest BCUT2D eigenvalue weighted by Gasteiger charge is 2.34. The largest absolute Gasteiger partial charge is 0.507 e. The van der Waals surface area contributed by atoms with Gasteiger partial charge in [-0.1, -0.05) is 0 Å². The van der Waals surface area contributed by atoms with Crippen LogP contribution >= 0.6 is 11.6 Å². The molecule has 0 amide bonds. The molecule has 0 aliphatic rings. The van der Waals surface area contributed by atoms with Crippen molar-refractivity contribution in [1.82, 2.24) is 0 Å². The van der Waals surface area contributed by atoms with Crippen LogP contribution in [0.25, 0.3) is 0 Å². The molecule has 0 bridgehead atoms. The van der Waals surface area contributed by atoms with E-state index in [0.29, 0.717) is 12.1 Å². The van der Waals surface area contributed by atoms with Gasteiger partial charge >= 0.3 is 6.18 Å². The van der Waals surface area contributed by atoms with Crippen LogP contribution in [0.2, 0.25) is 0 Å². The Hall–Kier alpha value is -1.43. The molecular formula is C9H7ClF3NO2. The minimum absolute atomic E-state index is 0.222. The number of carbonyl (C=O) groups is 1.